The van der Waals surface area contributed by atoms with E-state index in [9.17, 15) is 9.59 Å². The summed E-state index contributed by atoms with van der Waals surface area (Å²) in [5.41, 5.74) is 1.08. The molecule has 0 spiro atoms. The molecular weight excluding hydrogens is 306 g/mol. The number of hydrogen-bond donors (Lipinski definition) is 2. The van der Waals surface area contributed by atoms with Crippen LogP contribution < -0.4 is 15.4 Å². The quantitative estimate of drug-likeness (QED) is 0.815. The Hall–Kier alpha value is -1.66. The Kier molecular flexibility index (Phi) is 5.74. The van der Waals surface area contributed by atoms with Crippen LogP contribution in [0.4, 0.5) is 0 Å². The van der Waals surface area contributed by atoms with E-state index in [1.807, 2.05) is 12.1 Å². The van der Waals surface area contributed by atoms with Gasteiger partial charge in [-0.25, -0.2) is 0 Å². The van der Waals surface area contributed by atoms with Gasteiger partial charge in [0.15, 0.2) is 6.10 Å². The van der Waals surface area contributed by atoms with Crippen molar-refractivity contribution in [1.82, 2.24) is 15.6 Å². The number of piperidine rings is 2. The summed E-state index contributed by atoms with van der Waals surface area (Å²) in [5.74, 6) is 0.464. The lowest BCUT2D eigenvalue weighted by Crippen LogP contribution is -2.46. The van der Waals surface area contributed by atoms with E-state index in [2.05, 4.69) is 15.6 Å². The number of carbonyl (C=O) groups is 2. The van der Waals surface area contributed by atoms with Crippen LogP contribution in [0.5, 0.6) is 5.75 Å². The van der Waals surface area contributed by atoms with Crippen LogP contribution in [0, 0.1) is 0 Å². The van der Waals surface area contributed by atoms with Crippen molar-refractivity contribution in [3.05, 3.63) is 24.0 Å². The number of imide groups is 1. The number of nitrogens with zero attached hydrogens (tertiary/aromatic N) is 1. The van der Waals surface area contributed by atoms with Crippen molar-refractivity contribution in [3.8, 4) is 5.75 Å². The van der Waals surface area contributed by atoms with Crippen LogP contribution >= 0.6 is 12.4 Å². The lowest BCUT2D eigenvalue weighted by Gasteiger charge is -2.23. The van der Waals surface area contributed by atoms with Crippen LogP contribution in [0.25, 0.3) is 0 Å². The summed E-state index contributed by atoms with van der Waals surface area (Å²) in [6, 6.07) is 3.82. The third-order valence-electron chi connectivity index (χ3n) is 3.98. The van der Waals surface area contributed by atoms with Gasteiger partial charge in [0, 0.05) is 24.5 Å². The fraction of sp³-hybridized carbons (Fsp3) is 0.533. The summed E-state index contributed by atoms with van der Waals surface area (Å²) in [5, 5.41) is 5.62. The highest BCUT2D eigenvalue weighted by atomic mass is 35.5. The van der Waals surface area contributed by atoms with E-state index in [1.165, 1.54) is 0 Å². The molecule has 3 heterocycles. The van der Waals surface area contributed by atoms with E-state index in [1.54, 1.807) is 6.20 Å². The number of nitrogens with one attached hydrogen (secondary N) is 2. The molecule has 2 aliphatic rings. The first-order chi connectivity index (χ1) is 10.2. The molecule has 0 saturated carbocycles. The van der Waals surface area contributed by atoms with Crippen molar-refractivity contribution in [2.24, 2.45) is 0 Å². The predicted molar refractivity (Wildman–Crippen MR) is 83.1 cm³/mol. The number of pyridine rings is 1. The number of ether oxygens (including phenoxy) is 1. The molecule has 1 aromatic heterocycles. The Morgan fingerprint density at radius 3 is 2.55 bits per heavy atom. The van der Waals surface area contributed by atoms with Gasteiger partial charge in [-0.2, -0.15) is 0 Å². The van der Waals surface area contributed by atoms with Gasteiger partial charge in [-0.15, -0.1) is 12.4 Å². The van der Waals surface area contributed by atoms with E-state index >= 15 is 0 Å². The minimum Gasteiger partial charge on any atom is -0.479 e. The van der Waals surface area contributed by atoms with Gasteiger partial charge in [0.25, 0.3) is 5.91 Å². The van der Waals surface area contributed by atoms with Gasteiger partial charge in [-0.3, -0.25) is 19.9 Å². The molecule has 3 rings (SSSR count). The summed E-state index contributed by atoms with van der Waals surface area (Å²) >= 11 is 0. The Labute approximate surface area is 135 Å². The zero-order valence-electron chi connectivity index (χ0n) is 12.2. The average Bonchev–Trinajstić information content (AvgIpc) is 2.52. The predicted octanol–water partition coefficient (Wildman–Crippen LogP) is 1.15. The fourth-order valence-corrected chi connectivity index (χ4v) is 2.77. The first kappa shape index (κ1) is 16.7. The summed E-state index contributed by atoms with van der Waals surface area (Å²) in [6.07, 6.45) is 3.99. The topological polar surface area (TPSA) is 80.3 Å². The first-order valence-electron chi connectivity index (χ1n) is 7.39. The zero-order chi connectivity index (χ0) is 14.7. The van der Waals surface area contributed by atoms with Crippen molar-refractivity contribution in [1.29, 1.82) is 0 Å². The minimum absolute atomic E-state index is 0. The number of hydrogen-bond acceptors (Lipinski definition) is 5. The van der Waals surface area contributed by atoms with Crippen molar-refractivity contribution in [2.75, 3.05) is 13.1 Å². The number of halogens is 1. The van der Waals surface area contributed by atoms with Crippen LogP contribution in [-0.2, 0) is 9.59 Å². The third-order valence-corrected chi connectivity index (χ3v) is 3.98. The maximum atomic E-state index is 11.6. The van der Waals surface area contributed by atoms with Gasteiger partial charge < -0.3 is 10.1 Å². The Morgan fingerprint density at radius 2 is 1.91 bits per heavy atom. The van der Waals surface area contributed by atoms with Gasteiger partial charge in [0.1, 0.15) is 5.75 Å². The molecule has 0 bridgehead atoms. The average molecular weight is 326 g/mol. The highest BCUT2D eigenvalue weighted by molar-refractivity contribution is 5.99. The minimum atomic E-state index is -0.603. The molecule has 2 fully saturated rings. The van der Waals surface area contributed by atoms with Crippen molar-refractivity contribution < 1.29 is 14.3 Å². The lowest BCUT2D eigenvalue weighted by molar-refractivity contribution is -0.138. The highest BCUT2D eigenvalue weighted by Gasteiger charge is 2.28. The van der Waals surface area contributed by atoms with E-state index < -0.39 is 6.10 Å². The van der Waals surface area contributed by atoms with Crippen LogP contribution in [0.3, 0.4) is 0 Å². The maximum absolute atomic E-state index is 11.6. The molecule has 1 aromatic rings. The van der Waals surface area contributed by atoms with E-state index in [0.29, 0.717) is 24.5 Å². The van der Waals surface area contributed by atoms with E-state index in [-0.39, 0.29) is 24.2 Å². The monoisotopic (exact) mass is 325 g/mol. The van der Waals surface area contributed by atoms with E-state index in [0.717, 1.165) is 31.6 Å². The fourth-order valence-electron chi connectivity index (χ4n) is 2.77. The Bertz CT molecular complexity index is 529. The number of amides is 2. The standard InChI is InChI=1S/C15H19N3O3.ClH/c19-14-4-3-13(15(20)18-14)21-11-1-2-12(17-9-11)10-5-7-16-8-6-10;/h1-2,9-10,13,16H,3-8H2,(H,18,19,20);1H. The summed E-state index contributed by atoms with van der Waals surface area (Å²) in [7, 11) is 0. The number of aromatic nitrogens is 1. The second-order valence-electron chi connectivity index (χ2n) is 5.50. The molecule has 120 valence electrons. The summed E-state index contributed by atoms with van der Waals surface area (Å²) in [4.78, 5) is 27.2. The van der Waals surface area contributed by atoms with Crippen molar-refractivity contribution in [3.63, 3.8) is 0 Å². The van der Waals surface area contributed by atoms with Crippen LogP contribution in [0.2, 0.25) is 0 Å². The first-order valence-corrected chi connectivity index (χ1v) is 7.39. The maximum Gasteiger partial charge on any atom is 0.267 e. The van der Waals surface area contributed by atoms with Crippen molar-refractivity contribution in [2.45, 2.75) is 37.7 Å². The molecular formula is C15H20ClN3O3. The molecule has 2 amide bonds. The Balaban J connectivity index is 0.00000176. The van der Waals surface area contributed by atoms with Gasteiger partial charge >= 0.3 is 0 Å². The van der Waals surface area contributed by atoms with Crippen LogP contribution in [0.15, 0.2) is 18.3 Å². The number of carbonyl (C=O) groups excluding carboxylic acids is 2. The smallest absolute Gasteiger partial charge is 0.267 e. The summed E-state index contributed by atoms with van der Waals surface area (Å²) in [6.45, 7) is 2.06. The Morgan fingerprint density at radius 1 is 1.14 bits per heavy atom. The summed E-state index contributed by atoms with van der Waals surface area (Å²) < 4.78 is 5.62. The third kappa shape index (κ3) is 3.96. The highest BCUT2D eigenvalue weighted by Crippen LogP contribution is 2.25. The molecule has 1 unspecified atom stereocenters. The van der Waals surface area contributed by atoms with Crippen LogP contribution in [0.1, 0.15) is 37.3 Å². The largest absolute Gasteiger partial charge is 0.479 e. The molecule has 6 nitrogen and oxygen atoms in total. The van der Waals surface area contributed by atoms with Crippen LogP contribution in [-0.4, -0.2) is 36.0 Å². The molecule has 7 heteroatoms. The SMILES string of the molecule is Cl.O=C1CCC(Oc2ccc(C3CCNCC3)nc2)C(=O)N1. The van der Waals surface area contributed by atoms with Crippen molar-refractivity contribution >= 4 is 24.2 Å². The zero-order valence-corrected chi connectivity index (χ0v) is 13.0. The second kappa shape index (κ2) is 7.56. The normalized spacial score (nSPS) is 22.6. The second-order valence-corrected chi connectivity index (χ2v) is 5.50. The van der Waals surface area contributed by atoms with Gasteiger partial charge in [0.2, 0.25) is 5.91 Å². The van der Waals surface area contributed by atoms with E-state index in [4.69, 9.17) is 4.74 Å². The van der Waals surface area contributed by atoms with Gasteiger partial charge in [-0.05, 0) is 38.1 Å². The molecule has 22 heavy (non-hydrogen) atoms. The molecule has 1 atom stereocenters. The van der Waals surface area contributed by atoms with Gasteiger partial charge in [0.05, 0.1) is 6.20 Å². The number of rotatable bonds is 3. The lowest BCUT2D eigenvalue weighted by atomic mass is 9.94. The molecule has 2 aliphatic heterocycles. The molecule has 0 aromatic carbocycles. The molecule has 2 saturated heterocycles. The van der Waals surface area contributed by atoms with Gasteiger partial charge in [-0.1, -0.05) is 0 Å². The molecule has 2 N–H and O–H groups in total. The molecule has 0 aliphatic carbocycles. The molecule has 0 radical (unpaired) electrons.